The van der Waals surface area contributed by atoms with Crippen LogP contribution in [-0.2, 0) is 13.0 Å². The molecule has 2 aromatic rings. The highest BCUT2D eigenvalue weighted by molar-refractivity contribution is 5.91. The average molecular weight is 354 g/mol. The minimum atomic E-state index is 1.08. The normalized spacial score (nSPS) is 16.4. The number of rotatable bonds is 9. The molecule has 0 bridgehead atoms. The summed E-state index contributed by atoms with van der Waals surface area (Å²) in [6.45, 7) is 17.1. The monoisotopic (exact) mass is 353 g/mol. The molecule has 1 aliphatic heterocycles. The van der Waals surface area contributed by atoms with Crippen molar-refractivity contribution in [2.24, 2.45) is 0 Å². The Hall–Kier alpha value is -1.58. The number of aromatic nitrogens is 1. The summed E-state index contributed by atoms with van der Waals surface area (Å²) in [5.74, 6) is 0. The molecule has 3 nitrogen and oxygen atoms in total. The van der Waals surface area contributed by atoms with Crippen molar-refractivity contribution < 1.29 is 0 Å². The second kappa shape index (κ2) is 9.38. The van der Waals surface area contributed by atoms with E-state index in [0.29, 0.717) is 0 Å². The molecule has 142 valence electrons. The van der Waals surface area contributed by atoms with Gasteiger partial charge in [0.2, 0.25) is 0 Å². The SMILES string of the molecule is C=Cc1cn(CCCN2CCN(CCCC)CC2)c2c(CC)cccc12. The molecule has 1 saturated heterocycles. The lowest BCUT2D eigenvalue weighted by atomic mass is 10.1. The third-order valence-corrected chi connectivity index (χ3v) is 5.78. The van der Waals surface area contributed by atoms with Gasteiger partial charge in [-0.2, -0.15) is 0 Å². The molecule has 1 fully saturated rings. The highest BCUT2D eigenvalue weighted by Crippen LogP contribution is 2.26. The molecule has 3 heteroatoms. The average Bonchev–Trinajstić information content (AvgIpc) is 3.05. The van der Waals surface area contributed by atoms with Crippen LogP contribution in [0.1, 0.15) is 44.2 Å². The van der Waals surface area contributed by atoms with Gasteiger partial charge in [0.05, 0.1) is 5.52 Å². The number of hydrogen-bond acceptors (Lipinski definition) is 2. The largest absolute Gasteiger partial charge is 0.347 e. The van der Waals surface area contributed by atoms with Crippen molar-refractivity contribution in [3.63, 3.8) is 0 Å². The summed E-state index contributed by atoms with van der Waals surface area (Å²) in [6.07, 6.45) is 9.22. The van der Waals surface area contributed by atoms with E-state index in [1.807, 2.05) is 6.08 Å². The highest BCUT2D eigenvalue weighted by atomic mass is 15.3. The Morgan fingerprint density at radius 2 is 1.65 bits per heavy atom. The van der Waals surface area contributed by atoms with Crippen molar-refractivity contribution in [3.8, 4) is 0 Å². The maximum absolute atomic E-state index is 4.01. The van der Waals surface area contributed by atoms with Gasteiger partial charge in [0.1, 0.15) is 0 Å². The Labute approximate surface area is 159 Å². The van der Waals surface area contributed by atoms with E-state index in [2.05, 4.69) is 59.2 Å². The smallest absolute Gasteiger partial charge is 0.0518 e. The lowest BCUT2D eigenvalue weighted by Gasteiger charge is -2.34. The number of piperazine rings is 1. The molecule has 0 spiro atoms. The molecule has 0 radical (unpaired) electrons. The van der Waals surface area contributed by atoms with Gasteiger partial charge in [-0.05, 0) is 43.5 Å². The number of hydrogen-bond donors (Lipinski definition) is 0. The predicted molar refractivity (Wildman–Crippen MR) is 114 cm³/mol. The van der Waals surface area contributed by atoms with E-state index >= 15 is 0 Å². The van der Waals surface area contributed by atoms with Crippen LogP contribution in [-0.4, -0.2) is 53.6 Å². The lowest BCUT2D eigenvalue weighted by molar-refractivity contribution is 0.129. The van der Waals surface area contributed by atoms with Gasteiger partial charge < -0.3 is 14.4 Å². The van der Waals surface area contributed by atoms with Crippen LogP contribution in [0.4, 0.5) is 0 Å². The second-order valence-electron chi connectivity index (χ2n) is 7.54. The van der Waals surface area contributed by atoms with Crippen molar-refractivity contribution >= 4 is 17.0 Å². The first-order chi connectivity index (χ1) is 12.8. The van der Waals surface area contributed by atoms with Gasteiger partial charge in [-0.15, -0.1) is 0 Å². The molecular weight excluding hydrogens is 318 g/mol. The van der Waals surface area contributed by atoms with Crippen LogP contribution in [0.5, 0.6) is 0 Å². The lowest BCUT2D eigenvalue weighted by Crippen LogP contribution is -2.46. The first-order valence-electron chi connectivity index (χ1n) is 10.4. The fourth-order valence-corrected chi connectivity index (χ4v) is 4.17. The Morgan fingerprint density at radius 3 is 2.27 bits per heavy atom. The first-order valence-corrected chi connectivity index (χ1v) is 10.4. The van der Waals surface area contributed by atoms with E-state index < -0.39 is 0 Å². The Bertz CT molecular complexity index is 708. The summed E-state index contributed by atoms with van der Waals surface area (Å²) >= 11 is 0. The fraction of sp³-hybridized carbons (Fsp3) is 0.565. The van der Waals surface area contributed by atoms with Crippen LogP contribution in [0, 0.1) is 0 Å². The fourth-order valence-electron chi connectivity index (χ4n) is 4.17. The van der Waals surface area contributed by atoms with Gasteiger partial charge in [-0.3, -0.25) is 0 Å². The summed E-state index contributed by atoms with van der Waals surface area (Å²) in [4.78, 5) is 5.27. The van der Waals surface area contributed by atoms with Crippen LogP contribution in [0.25, 0.3) is 17.0 Å². The zero-order valence-electron chi connectivity index (χ0n) is 16.7. The summed E-state index contributed by atoms with van der Waals surface area (Å²) in [6, 6.07) is 6.68. The quantitative estimate of drug-likeness (QED) is 0.650. The predicted octanol–water partition coefficient (Wildman–Crippen LogP) is 4.65. The molecular formula is C23H35N3. The van der Waals surface area contributed by atoms with Gasteiger partial charge in [-0.25, -0.2) is 0 Å². The van der Waals surface area contributed by atoms with E-state index in [0.717, 1.165) is 13.0 Å². The third-order valence-electron chi connectivity index (χ3n) is 5.78. The van der Waals surface area contributed by atoms with Crippen molar-refractivity contribution in [1.29, 1.82) is 0 Å². The molecule has 1 aromatic heterocycles. The number of unbranched alkanes of at least 4 members (excludes halogenated alkanes) is 1. The molecule has 3 rings (SSSR count). The number of aryl methyl sites for hydroxylation is 2. The maximum atomic E-state index is 4.01. The minimum Gasteiger partial charge on any atom is -0.347 e. The summed E-state index contributed by atoms with van der Waals surface area (Å²) < 4.78 is 2.46. The second-order valence-corrected chi connectivity index (χ2v) is 7.54. The molecule has 0 amide bonds. The van der Waals surface area contributed by atoms with E-state index in [1.165, 1.54) is 80.6 Å². The number of fused-ring (bicyclic) bond motifs is 1. The molecule has 0 saturated carbocycles. The molecule has 2 heterocycles. The Morgan fingerprint density at radius 1 is 0.962 bits per heavy atom. The van der Waals surface area contributed by atoms with Crippen LogP contribution in [0.15, 0.2) is 31.0 Å². The van der Waals surface area contributed by atoms with Crippen LogP contribution in [0.2, 0.25) is 0 Å². The number of benzene rings is 1. The van der Waals surface area contributed by atoms with Gasteiger partial charge in [-0.1, -0.05) is 51.1 Å². The number of nitrogens with zero attached hydrogens (tertiary/aromatic N) is 3. The van der Waals surface area contributed by atoms with E-state index in [4.69, 9.17) is 0 Å². The van der Waals surface area contributed by atoms with E-state index in [1.54, 1.807) is 0 Å². The van der Waals surface area contributed by atoms with Gasteiger partial charge >= 0.3 is 0 Å². The molecule has 1 aromatic carbocycles. The first kappa shape index (κ1) is 19.2. The molecule has 0 atom stereocenters. The zero-order chi connectivity index (χ0) is 18.4. The van der Waals surface area contributed by atoms with Crippen molar-refractivity contribution in [1.82, 2.24) is 14.4 Å². The van der Waals surface area contributed by atoms with Crippen LogP contribution >= 0.6 is 0 Å². The Balaban J connectivity index is 1.56. The standard InChI is InChI=1S/C23H35N3/c1-4-7-12-24-15-17-25(18-16-24)13-9-14-26-19-21(6-3)22-11-8-10-20(5-2)23(22)26/h6,8,10-11,19H,3-5,7,9,12-18H2,1-2H3. The van der Waals surface area contributed by atoms with Crippen LogP contribution in [0.3, 0.4) is 0 Å². The van der Waals surface area contributed by atoms with Gasteiger partial charge in [0.25, 0.3) is 0 Å². The van der Waals surface area contributed by atoms with Crippen molar-refractivity contribution in [2.75, 3.05) is 39.3 Å². The molecule has 1 aliphatic rings. The molecule has 0 N–H and O–H groups in total. The van der Waals surface area contributed by atoms with E-state index in [9.17, 15) is 0 Å². The molecule has 26 heavy (non-hydrogen) atoms. The third kappa shape index (κ3) is 4.39. The van der Waals surface area contributed by atoms with Gasteiger partial charge in [0, 0.05) is 44.3 Å². The maximum Gasteiger partial charge on any atom is 0.0518 e. The topological polar surface area (TPSA) is 11.4 Å². The number of para-hydroxylation sites is 1. The zero-order valence-corrected chi connectivity index (χ0v) is 16.7. The Kier molecular flexibility index (Phi) is 6.93. The minimum absolute atomic E-state index is 1.08. The van der Waals surface area contributed by atoms with Gasteiger partial charge in [0.15, 0.2) is 0 Å². The van der Waals surface area contributed by atoms with Crippen LogP contribution < -0.4 is 0 Å². The van der Waals surface area contributed by atoms with Crippen molar-refractivity contribution in [2.45, 2.75) is 46.1 Å². The summed E-state index contributed by atoms with van der Waals surface area (Å²) in [5.41, 5.74) is 4.12. The molecule has 0 unspecified atom stereocenters. The van der Waals surface area contributed by atoms with Crippen molar-refractivity contribution in [3.05, 3.63) is 42.1 Å². The summed E-state index contributed by atoms with van der Waals surface area (Å²) in [7, 11) is 0. The summed E-state index contributed by atoms with van der Waals surface area (Å²) in [5, 5.41) is 1.35. The van der Waals surface area contributed by atoms with E-state index in [-0.39, 0.29) is 0 Å². The molecule has 0 aliphatic carbocycles. The highest BCUT2D eigenvalue weighted by Gasteiger charge is 2.16.